The topological polar surface area (TPSA) is 75.7 Å². The highest BCUT2D eigenvalue weighted by atomic mass is 32.2. The summed E-state index contributed by atoms with van der Waals surface area (Å²) in [6, 6.07) is 14.7. The SMILES string of the molecule is CCOc1ccc(CCC2CCN(C(=O)c3ccc(S(=O)(=O)NC4CC4)cc3)CC2)cc1. The summed E-state index contributed by atoms with van der Waals surface area (Å²) in [6.45, 7) is 4.15. The summed E-state index contributed by atoms with van der Waals surface area (Å²) in [5.74, 6) is 1.51. The minimum atomic E-state index is -3.49. The molecule has 4 rings (SSSR count). The largest absolute Gasteiger partial charge is 0.494 e. The van der Waals surface area contributed by atoms with Crippen LogP contribution in [0.2, 0.25) is 0 Å². The van der Waals surface area contributed by atoms with Crippen LogP contribution in [0.5, 0.6) is 5.75 Å². The molecule has 2 aliphatic rings. The van der Waals surface area contributed by atoms with Gasteiger partial charge in [0.15, 0.2) is 0 Å². The molecule has 0 aromatic heterocycles. The number of carbonyl (C=O) groups excluding carboxylic acids is 1. The fourth-order valence-corrected chi connectivity index (χ4v) is 5.47. The second-order valence-electron chi connectivity index (χ2n) is 8.77. The summed E-state index contributed by atoms with van der Waals surface area (Å²) in [6.07, 6.45) is 5.95. The lowest BCUT2D eigenvalue weighted by Gasteiger charge is -2.32. The molecule has 0 spiro atoms. The van der Waals surface area contributed by atoms with E-state index in [1.165, 1.54) is 17.7 Å². The molecule has 1 heterocycles. The Morgan fingerprint density at radius 1 is 1.00 bits per heavy atom. The number of rotatable bonds is 9. The van der Waals surface area contributed by atoms with Gasteiger partial charge in [-0.15, -0.1) is 0 Å². The third kappa shape index (κ3) is 5.90. The average molecular weight is 457 g/mol. The number of aryl methyl sites for hydroxylation is 1. The van der Waals surface area contributed by atoms with E-state index in [9.17, 15) is 13.2 Å². The van der Waals surface area contributed by atoms with Crippen molar-refractivity contribution in [1.29, 1.82) is 0 Å². The zero-order chi connectivity index (χ0) is 22.6. The minimum Gasteiger partial charge on any atom is -0.494 e. The van der Waals surface area contributed by atoms with Crippen LogP contribution in [0.25, 0.3) is 0 Å². The van der Waals surface area contributed by atoms with Gasteiger partial charge >= 0.3 is 0 Å². The molecule has 1 amide bonds. The number of hydrogen-bond acceptors (Lipinski definition) is 4. The highest BCUT2D eigenvalue weighted by Gasteiger charge is 2.28. The van der Waals surface area contributed by atoms with Crippen LogP contribution in [0.4, 0.5) is 0 Å². The lowest BCUT2D eigenvalue weighted by Crippen LogP contribution is -2.38. The third-order valence-corrected chi connectivity index (χ3v) is 7.82. The quantitative estimate of drug-likeness (QED) is 0.619. The highest BCUT2D eigenvalue weighted by Crippen LogP contribution is 2.25. The van der Waals surface area contributed by atoms with Crippen molar-refractivity contribution < 1.29 is 17.9 Å². The second kappa shape index (κ2) is 10.0. The lowest BCUT2D eigenvalue weighted by atomic mass is 9.90. The van der Waals surface area contributed by atoms with Crippen molar-refractivity contribution in [1.82, 2.24) is 9.62 Å². The summed E-state index contributed by atoms with van der Waals surface area (Å²) in [5.41, 5.74) is 1.86. The van der Waals surface area contributed by atoms with E-state index in [1.807, 2.05) is 24.0 Å². The maximum Gasteiger partial charge on any atom is 0.253 e. The van der Waals surface area contributed by atoms with Gasteiger partial charge in [0.25, 0.3) is 5.91 Å². The van der Waals surface area contributed by atoms with Gasteiger partial charge in [-0.05, 0) is 93.3 Å². The maximum absolute atomic E-state index is 12.9. The Kier molecular flexibility index (Phi) is 7.16. The molecule has 7 heteroatoms. The maximum atomic E-state index is 12.9. The molecule has 2 aromatic carbocycles. The van der Waals surface area contributed by atoms with Crippen LogP contribution in [-0.4, -0.2) is 45.0 Å². The third-order valence-electron chi connectivity index (χ3n) is 6.29. The van der Waals surface area contributed by atoms with Crippen molar-refractivity contribution in [2.45, 2.75) is 56.4 Å². The molecule has 0 radical (unpaired) electrons. The molecule has 0 unspecified atom stereocenters. The Labute approximate surface area is 191 Å². The predicted octanol–water partition coefficient (Wildman–Crippen LogP) is 4.01. The fourth-order valence-electron chi connectivity index (χ4n) is 4.16. The van der Waals surface area contributed by atoms with Gasteiger partial charge in [0, 0.05) is 24.7 Å². The summed E-state index contributed by atoms with van der Waals surface area (Å²) in [7, 11) is -3.49. The van der Waals surface area contributed by atoms with Gasteiger partial charge in [0.1, 0.15) is 5.75 Å². The van der Waals surface area contributed by atoms with Gasteiger partial charge in [-0.2, -0.15) is 0 Å². The molecular formula is C25H32N2O4S. The van der Waals surface area contributed by atoms with E-state index >= 15 is 0 Å². The standard InChI is InChI=1S/C25H32N2O4S/c1-2-31-23-11-5-19(6-12-23)3-4-20-15-17-27(18-16-20)25(28)21-7-13-24(14-8-21)32(29,30)26-22-9-10-22/h5-8,11-14,20,22,26H,2-4,9-10,15-18H2,1H3. The summed E-state index contributed by atoms with van der Waals surface area (Å²) in [4.78, 5) is 15.0. The van der Waals surface area contributed by atoms with Crippen LogP contribution < -0.4 is 9.46 Å². The first-order chi connectivity index (χ1) is 15.4. The summed E-state index contributed by atoms with van der Waals surface area (Å²) in [5, 5.41) is 0. The zero-order valence-corrected chi connectivity index (χ0v) is 19.4. The molecule has 2 fully saturated rings. The van der Waals surface area contributed by atoms with E-state index in [0.29, 0.717) is 18.1 Å². The number of piperidine rings is 1. The number of hydrogen-bond donors (Lipinski definition) is 1. The fraction of sp³-hybridized carbons (Fsp3) is 0.480. The van der Waals surface area contributed by atoms with E-state index in [4.69, 9.17) is 4.74 Å². The Bertz CT molecular complexity index is 1010. The van der Waals surface area contributed by atoms with Crippen LogP contribution in [-0.2, 0) is 16.4 Å². The molecule has 6 nitrogen and oxygen atoms in total. The minimum absolute atomic E-state index is 0.0194. The smallest absolute Gasteiger partial charge is 0.253 e. The molecule has 1 aliphatic carbocycles. The molecule has 1 N–H and O–H groups in total. The Morgan fingerprint density at radius 2 is 1.66 bits per heavy atom. The van der Waals surface area contributed by atoms with Gasteiger partial charge in [-0.25, -0.2) is 13.1 Å². The molecule has 1 aliphatic heterocycles. The number of nitrogens with one attached hydrogen (secondary N) is 1. The van der Waals surface area contributed by atoms with E-state index < -0.39 is 10.0 Å². The van der Waals surface area contributed by atoms with Crippen molar-refractivity contribution in [3.05, 3.63) is 59.7 Å². The van der Waals surface area contributed by atoms with Crippen molar-refractivity contribution in [2.24, 2.45) is 5.92 Å². The first kappa shape index (κ1) is 22.8. The molecule has 1 saturated heterocycles. The average Bonchev–Trinajstić information content (AvgIpc) is 3.62. The predicted molar refractivity (Wildman–Crippen MR) is 124 cm³/mol. The Balaban J connectivity index is 1.25. The van der Waals surface area contributed by atoms with Gasteiger partial charge in [0.05, 0.1) is 11.5 Å². The van der Waals surface area contributed by atoms with Crippen LogP contribution in [0.3, 0.4) is 0 Å². The van der Waals surface area contributed by atoms with Crippen molar-refractivity contribution >= 4 is 15.9 Å². The number of benzene rings is 2. The van der Waals surface area contributed by atoms with E-state index in [1.54, 1.807) is 12.1 Å². The molecule has 0 bridgehead atoms. The molecule has 1 saturated carbocycles. The second-order valence-corrected chi connectivity index (χ2v) is 10.5. The van der Waals surface area contributed by atoms with E-state index in [2.05, 4.69) is 16.9 Å². The number of nitrogens with zero attached hydrogens (tertiary/aromatic N) is 1. The van der Waals surface area contributed by atoms with Gasteiger partial charge in [0.2, 0.25) is 10.0 Å². The number of likely N-dealkylation sites (tertiary alicyclic amines) is 1. The van der Waals surface area contributed by atoms with Crippen LogP contribution in [0, 0.1) is 5.92 Å². The first-order valence-corrected chi connectivity index (χ1v) is 13.1. The van der Waals surface area contributed by atoms with E-state index in [0.717, 1.165) is 57.4 Å². The number of sulfonamides is 1. The Hall–Kier alpha value is -2.38. The molecule has 172 valence electrons. The lowest BCUT2D eigenvalue weighted by molar-refractivity contribution is 0.0687. The van der Waals surface area contributed by atoms with Crippen molar-refractivity contribution in [2.75, 3.05) is 19.7 Å². The molecule has 0 atom stereocenters. The van der Waals surface area contributed by atoms with Crippen molar-refractivity contribution in [3.63, 3.8) is 0 Å². The number of carbonyl (C=O) groups is 1. The van der Waals surface area contributed by atoms with Crippen LogP contribution in [0.1, 0.15) is 54.9 Å². The van der Waals surface area contributed by atoms with Crippen LogP contribution in [0.15, 0.2) is 53.4 Å². The van der Waals surface area contributed by atoms with Crippen LogP contribution >= 0.6 is 0 Å². The monoisotopic (exact) mass is 456 g/mol. The molecule has 2 aromatic rings. The van der Waals surface area contributed by atoms with Gasteiger partial charge < -0.3 is 9.64 Å². The van der Waals surface area contributed by atoms with Crippen molar-refractivity contribution in [3.8, 4) is 5.75 Å². The Morgan fingerprint density at radius 3 is 2.25 bits per heavy atom. The van der Waals surface area contributed by atoms with E-state index in [-0.39, 0.29) is 16.8 Å². The summed E-state index contributed by atoms with van der Waals surface area (Å²) >= 11 is 0. The molecule has 32 heavy (non-hydrogen) atoms. The summed E-state index contributed by atoms with van der Waals surface area (Å²) < 4.78 is 32.8. The zero-order valence-electron chi connectivity index (χ0n) is 18.6. The van der Waals surface area contributed by atoms with Gasteiger partial charge in [-0.3, -0.25) is 4.79 Å². The first-order valence-electron chi connectivity index (χ1n) is 11.6. The number of amides is 1. The van der Waals surface area contributed by atoms with Gasteiger partial charge in [-0.1, -0.05) is 12.1 Å². The number of ether oxygens (including phenoxy) is 1. The highest BCUT2D eigenvalue weighted by molar-refractivity contribution is 7.89. The molecular weight excluding hydrogens is 424 g/mol. The normalized spacial score (nSPS) is 17.3.